The van der Waals surface area contributed by atoms with E-state index in [1.165, 1.54) is 0 Å². The van der Waals surface area contributed by atoms with Crippen LogP contribution in [0.2, 0.25) is 0 Å². The lowest BCUT2D eigenvalue weighted by Gasteiger charge is -2.30. The molecule has 0 radical (unpaired) electrons. The average Bonchev–Trinajstić information content (AvgIpc) is 2.74. The van der Waals surface area contributed by atoms with E-state index in [1.807, 2.05) is 16.8 Å². The van der Waals surface area contributed by atoms with Crippen molar-refractivity contribution in [2.75, 3.05) is 13.1 Å². The second-order valence-electron chi connectivity index (χ2n) is 4.06. The van der Waals surface area contributed by atoms with Crippen molar-refractivity contribution in [1.82, 2.24) is 10.6 Å². The minimum Gasteiger partial charge on any atom is -0.348 e. The Morgan fingerprint density at radius 1 is 1.67 bits per heavy atom. The number of carbonyl (C=O) groups excluding carboxylic acids is 1. The maximum absolute atomic E-state index is 11.8. The number of rotatable bonds is 2. The monoisotopic (exact) mass is 224 g/mol. The van der Waals surface area contributed by atoms with Gasteiger partial charge in [0.2, 0.25) is 0 Å². The Balaban J connectivity index is 1.93. The van der Waals surface area contributed by atoms with Crippen molar-refractivity contribution in [3.05, 3.63) is 22.4 Å². The molecule has 0 aliphatic carbocycles. The van der Waals surface area contributed by atoms with Gasteiger partial charge in [0.05, 0.1) is 0 Å². The quantitative estimate of drug-likeness (QED) is 0.799. The highest BCUT2D eigenvalue weighted by atomic mass is 32.1. The smallest absolute Gasteiger partial charge is 0.252 e. The zero-order valence-electron chi connectivity index (χ0n) is 8.82. The SMILES string of the molecule is CC1CCNCC1NC(=O)c1ccsc1. The largest absolute Gasteiger partial charge is 0.348 e. The van der Waals surface area contributed by atoms with E-state index in [-0.39, 0.29) is 11.9 Å². The van der Waals surface area contributed by atoms with E-state index in [9.17, 15) is 4.79 Å². The third-order valence-corrected chi connectivity index (χ3v) is 3.61. The zero-order valence-corrected chi connectivity index (χ0v) is 9.64. The highest BCUT2D eigenvalue weighted by Crippen LogP contribution is 2.13. The van der Waals surface area contributed by atoms with Gasteiger partial charge in [0.15, 0.2) is 0 Å². The Hall–Kier alpha value is -0.870. The standard InChI is InChI=1S/C11H16N2OS/c1-8-2-4-12-6-10(8)13-11(14)9-3-5-15-7-9/h3,5,7-8,10,12H,2,4,6H2,1H3,(H,13,14). The summed E-state index contributed by atoms with van der Waals surface area (Å²) in [6.45, 7) is 4.14. The molecule has 1 aliphatic heterocycles. The Bertz CT molecular complexity index is 323. The van der Waals surface area contributed by atoms with Crippen molar-refractivity contribution in [3.8, 4) is 0 Å². The maximum Gasteiger partial charge on any atom is 0.252 e. The molecule has 82 valence electrons. The van der Waals surface area contributed by atoms with Crippen LogP contribution in [0.4, 0.5) is 0 Å². The summed E-state index contributed by atoms with van der Waals surface area (Å²) in [5.41, 5.74) is 0.776. The molecule has 0 aromatic carbocycles. The minimum absolute atomic E-state index is 0.0526. The van der Waals surface area contributed by atoms with Crippen molar-refractivity contribution < 1.29 is 4.79 Å². The summed E-state index contributed by atoms with van der Waals surface area (Å²) in [4.78, 5) is 11.8. The first-order valence-corrected chi connectivity index (χ1v) is 6.25. The van der Waals surface area contributed by atoms with Gasteiger partial charge >= 0.3 is 0 Å². The van der Waals surface area contributed by atoms with Gasteiger partial charge in [-0.25, -0.2) is 0 Å². The molecular weight excluding hydrogens is 208 g/mol. The van der Waals surface area contributed by atoms with E-state index >= 15 is 0 Å². The topological polar surface area (TPSA) is 41.1 Å². The Morgan fingerprint density at radius 2 is 2.53 bits per heavy atom. The normalized spacial score (nSPS) is 26.2. The number of nitrogens with one attached hydrogen (secondary N) is 2. The van der Waals surface area contributed by atoms with Crippen molar-refractivity contribution in [1.29, 1.82) is 0 Å². The molecule has 2 N–H and O–H groups in total. The van der Waals surface area contributed by atoms with Crippen LogP contribution in [0.15, 0.2) is 16.8 Å². The van der Waals surface area contributed by atoms with Crippen LogP contribution in [-0.4, -0.2) is 25.0 Å². The summed E-state index contributed by atoms with van der Waals surface area (Å²) in [7, 11) is 0. The molecule has 0 saturated carbocycles. The molecule has 15 heavy (non-hydrogen) atoms. The summed E-state index contributed by atoms with van der Waals surface area (Å²) in [6, 6.07) is 2.13. The van der Waals surface area contributed by atoms with E-state index in [4.69, 9.17) is 0 Å². The summed E-state index contributed by atoms with van der Waals surface area (Å²) < 4.78 is 0. The first-order valence-electron chi connectivity index (χ1n) is 5.31. The lowest BCUT2D eigenvalue weighted by molar-refractivity contribution is 0.0915. The predicted octanol–water partition coefficient (Wildman–Crippen LogP) is 1.48. The van der Waals surface area contributed by atoms with E-state index in [0.717, 1.165) is 25.1 Å². The van der Waals surface area contributed by atoms with Gasteiger partial charge in [-0.3, -0.25) is 4.79 Å². The number of piperidine rings is 1. The molecule has 1 aliphatic rings. The molecule has 2 unspecified atom stereocenters. The molecule has 0 spiro atoms. The Morgan fingerprint density at radius 3 is 3.20 bits per heavy atom. The summed E-state index contributed by atoms with van der Waals surface area (Å²) in [5, 5.41) is 10.2. The van der Waals surface area contributed by atoms with Gasteiger partial charge in [-0.15, -0.1) is 0 Å². The third kappa shape index (κ3) is 2.58. The highest BCUT2D eigenvalue weighted by Gasteiger charge is 2.22. The molecule has 2 heterocycles. The highest BCUT2D eigenvalue weighted by molar-refractivity contribution is 7.08. The molecule has 3 nitrogen and oxygen atoms in total. The molecule has 1 amide bonds. The molecule has 0 bridgehead atoms. The molecular formula is C11H16N2OS. The van der Waals surface area contributed by atoms with Gasteiger partial charge in [-0.1, -0.05) is 6.92 Å². The number of hydrogen-bond donors (Lipinski definition) is 2. The van der Waals surface area contributed by atoms with Gasteiger partial charge in [-0.2, -0.15) is 11.3 Å². The van der Waals surface area contributed by atoms with Gasteiger partial charge in [-0.05, 0) is 30.3 Å². The number of amides is 1. The molecule has 1 aromatic rings. The summed E-state index contributed by atoms with van der Waals surface area (Å²) in [6.07, 6.45) is 1.13. The molecule has 1 fully saturated rings. The van der Waals surface area contributed by atoms with Crippen molar-refractivity contribution in [3.63, 3.8) is 0 Å². The number of carbonyl (C=O) groups is 1. The van der Waals surface area contributed by atoms with Crippen LogP contribution in [0.25, 0.3) is 0 Å². The predicted molar refractivity (Wildman–Crippen MR) is 62.2 cm³/mol. The second-order valence-corrected chi connectivity index (χ2v) is 4.84. The number of hydrogen-bond acceptors (Lipinski definition) is 3. The van der Waals surface area contributed by atoms with Crippen molar-refractivity contribution >= 4 is 17.2 Å². The zero-order chi connectivity index (χ0) is 10.7. The van der Waals surface area contributed by atoms with Gasteiger partial charge < -0.3 is 10.6 Å². The van der Waals surface area contributed by atoms with Gasteiger partial charge in [0.25, 0.3) is 5.91 Å². The number of thiophene rings is 1. The van der Waals surface area contributed by atoms with Gasteiger partial charge in [0.1, 0.15) is 0 Å². The lowest BCUT2D eigenvalue weighted by atomic mass is 9.94. The maximum atomic E-state index is 11.8. The van der Waals surface area contributed by atoms with E-state index in [2.05, 4.69) is 17.6 Å². The van der Waals surface area contributed by atoms with E-state index in [1.54, 1.807) is 11.3 Å². The van der Waals surface area contributed by atoms with Crippen LogP contribution in [0, 0.1) is 5.92 Å². The van der Waals surface area contributed by atoms with Crippen molar-refractivity contribution in [2.24, 2.45) is 5.92 Å². The molecule has 2 rings (SSSR count). The first-order chi connectivity index (χ1) is 7.27. The van der Waals surface area contributed by atoms with Crippen LogP contribution in [0.1, 0.15) is 23.7 Å². The average molecular weight is 224 g/mol. The molecule has 1 saturated heterocycles. The summed E-state index contributed by atoms with van der Waals surface area (Å²) >= 11 is 1.55. The van der Waals surface area contributed by atoms with Crippen LogP contribution in [-0.2, 0) is 0 Å². The fourth-order valence-electron chi connectivity index (χ4n) is 1.83. The Labute approximate surface area is 93.9 Å². The fourth-order valence-corrected chi connectivity index (χ4v) is 2.46. The van der Waals surface area contributed by atoms with Crippen LogP contribution < -0.4 is 10.6 Å². The summed E-state index contributed by atoms with van der Waals surface area (Å²) in [5.74, 6) is 0.616. The van der Waals surface area contributed by atoms with Crippen LogP contribution in [0.5, 0.6) is 0 Å². The third-order valence-electron chi connectivity index (χ3n) is 2.93. The molecule has 4 heteroatoms. The van der Waals surface area contributed by atoms with Gasteiger partial charge in [0, 0.05) is 23.5 Å². The molecule has 2 atom stereocenters. The lowest BCUT2D eigenvalue weighted by Crippen LogP contribution is -2.50. The molecule has 1 aromatic heterocycles. The Kier molecular flexibility index (Phi) is 3.38. The van der Waals surface area contributed by atoms with Crippen LogP contribution in [0.3, 0.4) is 0 Å². The minimum atomic E-state index is 0.0526. The van der Waals surface area contributed by atoms with Crippen molar-refractivity contribution in [2.45, 2.75) is 19.4 Å². The second kappa shape index (κ2) is 4.77. The van der Waals surface area contributed by atoms with E-state index in [0.29, 0.717) is 5.92 Å². The fraction of sp³-hybridized carbons (Fsp3) is 0.545. The first kappa shape index (κ1) is 10.6. The van der Waals surface area contributed by atoms with Crippen LogP contribution >= 0.6 is 11.3 Å². The van der Waals surface area contributed by atoms with E-state index < -0.39 is 0 Å².